The molecule has 18 heavy (non-hydrogen) atoms. The van der Waals surface area contributed by atoms with E-state index in [1.807, 2.05) is 31.3 Å². The molecule has 3 rings (SSSR count). The van der Waals surface area contributed by atoms with Crippen LogP contribution in [0.25, 0.3) is 21.8 Å². The molecule has 0 unspecified atom stereocenters. The minimum Gasteiger partial charge on any atom is -0.344 e. The van der Waals surface area contributed by atoms with E-state index in [0.717, 1.165) is 21.8 Å². The Morgan fingerprint density at radius 3 is 2.61 bits per heavy atom. The molecule has 0 fully saturated rings. The molecule has 0 atom stereocenters. The van der Waals surface area contributed by atoms with Gasteiger partial charge in [0.15, 0.2) is 0 Å². The fourth-order valence-electron chi connectivity index (χ4n) is 2.39. The summed E-state index contributed by atoms with van der Waals surface area (Å²) < 4.78 is 2.12. The maximum absolute atomic E-state index is 11.6. The van der Waals surface area contributed by atoms with Crippen molar-refractivity contribution in [3.05, 3.63) is 48.0 Å². The molecule has 4 heteroatoms. The number of nitrogens with one attached hydrogen (secondary N) is 1. The summed E-state index contributed by atoms with van der Waals surface area (Å²) in [4.78, 5) is 11.6. The second kappa shape index (κ2) is 3.85. The number of aromatic nitrogens is 1. The molecule has 3 aromatic rings. The lowest BCUT2D eigenvalue weighted by molar-refractivity contribution is 0.0954. The van der Waals surface area contributed by atoms with Crippen LogP contribution in [-0.4, -0.2) is 10.5 Å². The fourth-order valence-corrected chi connectivity index (χ4v) is 2.39. The van der Waals surface area contributed by atoms with Crippen molar-refractivity contribution in [1.82, 2.24) is 9.99 Å². The van der Waals surface area contributed by atoms with Crippen LogP contribution in [0.2, 0.25) is 0 Å². The Labute approximate surface area is 104 Å². The first-order valence-corrected chi connectivity index (χ1v) is 5.70. The average molecular weight is 239 g/mol. The van der Waals surface area contributed by atoms with Crippen LogP contribution in [0.3, 0.4) is 0 Å². The fraction of sp³-hybridized carbons (Fsp3) is 0.0714. The monoisotopic (exact) mass is 239 g/mol. The Hall–Kier alpha value is -2.33. The maximum atomic E-state index is 11.6. The summed E-state index contributed by atoms with van der Waals surface area (Å²) in [7, 11) is 2.02. The summed E-state index contributed by atoms with van der Waals surface area (Å²) in [5.41, 5.74) is 4.98. The van der Waals surface area contributed by atoms with Crippen molar-refractivity contribution >= 4 is 27.7 Å². The van der Waals surface area contributed by atoms with Gasteiger partial charge in [-0.05, 0) is 24.3 Å². The molecule has 0 saturated heterocycles. The third-order valence-corrected chi connectivity index (χ3v) is 3.31. The molecular formula is C14H13N3O. The standard InChI is InChI=1S/C14H13N3O/c1-17-12-5-3-2-4-10(12)11-8-9(14(18)16-15)6-7-13(11)17/h2-8H,15H2,1H3,(H,16,18). The zero-order valence-electron chi connectivity index (χ0n) is 9.97. The van der Waals surface area contributed by atoms with Crippen LogP contribution in [0.15, 0.2) is 42.5 Å². The highest BCUT2D eigenvalue weighted by Gasteiger charge is 2.10. The molecule has 0 aliphatic carbocycles. The molecule has 0 bridgehead atoms. The van der Waals surface area contributed by atoms with Gasteiger partial charge in [-0.1, -0.05) is 18.2 Å². The molecule has 3 N–H and O–H groups in total. The second-order valence-corrected chi connectivity index (χ2v) is 4.28. The normalized spacial score (nSPS) is 11.0. The molecule has 1 amide bonds. The number of para-hydroxylation sites is 1. The van der Waals surface area contributed by atoms with Crippen LogP contribution in [0.4, 0.5) is 0 Å². The van der Waals surface area contributed by atoms with Crippen molar-refractivity contribution in [2.75, 3.05) is 0 Å². The third-order valence-electron chi connectivity index (χ3n) is 3.31. The van der Waals surface area contributed by atoms with Gasteiger partial charge in [0.25, 0.3) is 5.91 Å². The van der Waals surface area contributed by atoms with Crippen LogP contribution in [0.5, 0.6) is 0 Å². The SMILES string of the molecule is Cn1c2ccccc2c2cc(C(=O)NN)ccc21. The van der Waals surface area contributed by atoms with E-state index in [1.54, 1.807) is 6.07 Å². The van der Waals surface area contributed by atoms with E-state index in [2.05, 4.69) is 22.1 Å². The van der Waals surface area contributed by atoms with Crippen molar-refractivity contribution in [3.63, 3.8) is 0 Å². The van der Waals surface area contributed by atoms with E-state index in [4.69, 9.17) is 5.84 Å². The van der Waals surface area contributed by atoms with Gasteiger partial charge in [0.2, 0.25) is 0 Å². The van der Waals surface area contributed by atoms with Gasteiger partial charge in [0.1, 0.15) is 0 Å². The first-order valence-electron chi connectivity index (χ1n) is 5.70. The summed E-state index contributed by atoms with van der Waals surface area (Å²) in [5.74, 6) is 4.89. The molecule has 0 radical (unpaired) electrons. The van der Waals surface area contributed by atoms with Crippen molar-refractivity contribution in [2.24, 2.45) is 12.9 Å². The van der Waals surface area contributed by atoms with E-state index in [1.165, 1.54) is 0 Å². The predicted octanol–water partition coefficient (Wildman–Crippen LogP) is 1.93. The highest BCUT2D eigenvalue weighted by atomic mass is 16.2. The number of carbonyl (C=O) groups is 1. The Morgan fingerprint density at radius 2 is 1.83 bits per heavy atom. The smallest absolute Gasteiger partial charge is 0.265 e. The van der Waals surface area contributed by atoms with Crippen LogP contribution >= 0.6 is 0 Å². The van der Waals surface area contributed by atoms with Gasteiger partial charge >= 0.3 is 0 Å². The zero-order chi connectivity index (χ0) is 12.7. The lowest BCUT2D eigenvalue weighted by Gasteiger charge is -2.01. The largest absolute Gasteiger partial charge is 0.344 e. The number of nitrogen functional groups attached to an aromatic ring is 1. The van der Waals surface area contributed by atoms with Gasteiger partial charge < -0.3 is 4.57 Å². The maximum Gasteiger partial charge on any atom is 0.265 e. The third kappa shape index (κ3) is 1.39. The van der Waals surface area contributed by atoms with Crippen molar-refractivity contribution < 1.29 is 4.79 Å². The number of amides is 1. The molecule has 90 valence electrons. The lowest BCUT2D eigenvalue weighted by Crippen LogP contribution is -2.29. The molecule has 4 nitrogen and oxygen atoms in total. The summed E-state index contributed by atoms with van der Waals surface area (Å²) in [6.07, 6.45) is 0. The van der Waals surface area contributed by atoms with Crippen LogP contribution in [0.1, 0.15) is 10.4 Å². The number of hydrogen-bond acceptors (Lipinski definition) is 2. The Balaban J connectivity index is 2.40. The molecule has 0 aliphatic rings. The number of nitrogens with zero attached hydrogens (tertiary/aromatic N) is 1. The molecule has 1 aromatic heterocycles. The first kappa shape index (κ1) is 10.8. The highest BCUT2D eigenvalue weighted by Crippen LogP contribution is 2.28. The number of carbonyl (C=O) groups excluding carboxylic acids is 1. The quantitative estimate of drug-likeness (QED) is 0.387. The molecule has 0 saturated carbocycles. The molecular weight excluding hydrogens is 226 g/mol. The number of nitrogens with two attached hydrogens (primary N) is 1. The molecule has 2 aromatic carbocycles. The first-order chi connectivity index (χ1) is 8.72. The number of hydrogen-bond donors (Lipinski definition) is 2. The van der Waals surface area contributed by atoms with Gasteiger partial charge in [-0.25, -0.2) is 5.84 Å². The Morgan fingerprint density at radius 1 is 1.11 bits per heavy atom. The van der Waals surface area contributed by atoms with E-state index >= 15 is 0 Å². The van der Waals surface area contributed by atoms with E-state index in [0.29, 0.717) is 5.56 Å². The second-order valence-electron chi connectivity index (χ2n) is 4.28. The van der Waals surface area contributed by atoms with Gasteiger partial charge in [-0.2, -0.15) is 0 Å². The number of hydrazine groups is 1. The van der Waals surface area contributed by atoms with Crippen molar-refractivity contribution in [1.29, 1.82) is 0 Å². The zero-order valence-corrected chi connectivity index (χ0v) is 9.97. The minimum atomic E-state index is -0.273. The summed E-state index contributed by atoms with van der Waals surface area (Å²) in [6, 6.07) is 13.7. The lowest BCUT2D eigenvalue weighted by atomic mass is 10.1. The van der Waals surface area contributed by atoms with E-state index in [9.17, 15) is 4.79 Å². The topological polar surface area (TPSA) is 60.0 Å². The van der Waals surface area contributed by atoms with E-state index < -0.39 is 0 Å². The number of fused-ring (bicyclic) bond motifs is 3. The Bertz CT molecular complexity index is 758. The van der Waals surface area contributed by atoms with Crippen molar-refractivity contribution in [3.8, 4) is 0 Å². The number of rotatable bonds is 1. The van der Waals surface area contributed by atoms with Crippen LogP contribution in [0, 0.1) is 0 Å². The van der Waals surface area contributed by atoms with Gasteiger partial charge in [0, 0.05) is 34.4 Å². The molecule has 1 heterocycles. The van der Waals surface area contributed by atoms with E-state index in [-0.39, 0.29) is 5.91 Å². The van der Waals surface area contributed by atoms with Crippen molar-refractivity contribution in [2.45, 2.75) is 0 Å². The predicted molar refractivity (Wildman–Crippen MR) is 72.1 cm³/mol. The summed E-state index contributed by atoms with van der Waals surface area (Å²) >= 11 is 0. The Kier molecular flexibility index (Phi) is 2.31. The number of benzene rings is 2. The molecule has 0 aliphatic heterocycles. The summed E-state index contributed by atoms with van der Waals surface area (Å²) in [6.45, 7) is 0. The average Bonchev–Trinajstić information content (AvgIpc) is 2.72. The molecule has 0 spiro atoms. The van der Waals surface area contributed by atoms with Crippen LogP contribution in [-0.2, 0) is 7.05 Å². The number of aryl methyl sites for hydroxylation is 1. The van der Waals surface area contributed by atoms with Gasteiger partial charge in [-0.3, -0.25) is 10.2 Å². The highest BCUT2D eigenvalue weighted by molar-refractivity contribution is 6.10. The minimum absolute atomic E-state index is 0.273. The van der Waals surface area contributed by atoms with Crippen LogP contribution < -0.4 is 11.3 Å². The van der Waals surface area contributed by atoms with Gasteiger partial charge in [0.05, 0.1) is 0 Å². The summed E-state index contributed by atoms with van der Waals surface area (Å²) in [5, 5.41) is 2.20. The van der Waals surface area contributed by atoms with Gasteiger partial charge in [-0.15, -0.1) is 0 Å².